The van der Waals surface area contributed by atoms with E-state index in [-0.39, 0.29) is 30.3 Å². The van der Waals surface area contributed by atoms with Gasteiger partial charge in [-0.1, -0.05) is 35.5 Å². The van der Waals surface area contributed by atoms with E-state index in [0.717, 1.165) is 18.6 Å². The second kappa shape index (κ2) is 6.34. The summed E-state index contributed by atoms with van der Waals surface area (Å²) < 4.78 is 5.28. The molecule has 122 valence electrons. The minimum atomic E-state index is -0.0791. The van der Waals surface area contributed by atoms with Crippen LogP contribution < -0.4 is 5.73 Å². The number of amides is 1. The SMILES string of the molecule is Cl.N[C@@H]1CN(C(=O)c2cc(C3CC3)on2)C[C@H]1c1ccccc1. The van der Waals surface area contributed by atoms with Gasteiger partial charge in [0.25, 0.3) is 5.91 Å². The van der Waals surface area contributed by atoms with Crippen LogP contribution in [0.4, 0.5) is 0 Å². The molecule has 5 nitrogen and oxygen atoms in total. The first-order chi connectivity index (χ1) is 10.7. The highest BCUT2D eigenvalue weighted by Gasteiger charge is 2.36. The molecule has 6 heteroatoms. The van der Waals surface area contributed by atoms with Crippen molar-refractivity contribution in [1.29, 1.82) is 0 Å². The molecule has 4 rings (SSSR count). The summed E-state index contributed by atoms with van der Waals surface area (Å²) in [6.07, 6.45) is 2.26. The topological polar surface area (TPSA) is 72.4 Å². The lowest BCUT2D eigenvalue weighted by molar-refractivity contribution is 0.0778. The van der Waals surface area contributed by atoms with E-state index in [2.05, 4.69) is 17.3 Å². The van der Waals surface area contributed by atoms with Gasteiger partial charge in [0.2, 0.25) is 0 Å². The second-order valence-corrected chi connectivity index (χ2v) is 6.28. The third-order valence-corrected chi connectivity index (χ3v) is 4.61. The summed E-state index contributed by atoms with van der Waals surface area (Å²) in [4.78, 5) is 14.4. The number of aromatic nitrogens is 1. The number of hydrogen-bond acceptors (Lipinski definition) is 4. The molecule has 1 aliphatic carbocycles. The van der Waals surface area contributed by atoms with Crippen molar-refractivity contribution in [1.82, 2.24) is 10.1 Å². The molecule has 2 aliphatic rings. The predicted molar refractivity (Wildman–Crippen MR) is 88.8 cm³/mol. The Morgan fingerprint density at radius 1 is 1.22 bits per heavy atom. The zero-order valence-electron chi connectivity index (χ0n) is 12.7. The van der Waals surface area contributed by atoms with Crippen molar-refractivity contribution in [2.24, 2.45) is 5.73 Å². The average Bonchev–Trinajstić information content (AvgIpc) is 3.15. The first kappa shape index (κ1) is 16.0. The Kier molecular flexibility index (Phi) is 4.41. The quantitative estimate of drug-likeness (QED) is 0.936. The molecule has 1 aromatic carbocycles. The lowest BCUT2D eigenvalue weighted by Gasteiger charge is -2.15. The van der Waals surface area contributed by atoms with Gasteiger partial charge in [-0.15, -0.1) is 12.4 Å². The Hall–Kier alpha value is -1.85. The van der Waals surface area contributed by atoms with E-state index in [4.69, 9.17) is 10.3 Å². The fourth-order valence-corrected chi connectivity index (χ4v) is 3.16. The first-order valence-corrected chi connectivity index (χ1v) is 7.79. The molecule has 0 radical (unpaired) electrons. The second-order valence-electron chi connectivity index (χ2n) is 6.28. The molecule has 2 heterocycles. The fourth-order valence-electron chi connectivity index (χ4n) is 3.16. The highest BCUT2D eigenvalue weighted by Crippen LogP contribution is 2.40. The number of rotatable bonds is 3. The molecule has 1 amide bonds. The van der Waals surface area contributed by atoms with Gasteiger partial charge in [0.05, 0.1) is 0 Å². The third kappa shape index (κ3) is 3.12. The molecule has 0 spiro atoms. The van der Waals surface area contributed by atoms with Crippen molar-refractivity contribution in [3.05, 3.63) is 53.4 Å². The zero-order chi connectivity index (χ0) is 15.1. The molecule has 23 heavy (non-hydrogen) atoms. The molecule has 0 unspecified atom stereocenters. The summed E-state index contributed by atoms with van der Waals surface area (Å²) in [7, 11) is 0. The smallest absolute Gasteiger partial charge is 0.276 e. The van der Waals surface area contributed by atoms with Gasteiger partial charge >= 0.3 is 0 Å². The normalized spacial score (nSPS) is 23.6. The largest absolute Gasteiger partial charge is 0.360 e. The zero-order valence-corrected chi connectivity index (χ0v) is 13.5. The monoisotopic (exact) mass is 333 g/mol. The van der Waals surface area contributed by atoms with Crippen LogP contribution in [0.15, 0.2) is 40.9 Å². The van der Waals surface area contributed by atoms with E-state index in [1.165, 1.54) is 5.56 Å². The van der Waals surface area contributed by atoms with Crippen molar-refractivity contribution in [3.63, 3.8) is 0 Å². The van der Waals surface area contributed by atoms with Crippen molar-refractivity contribution in [2.45, 2.75) is 30.7 Å². The fraction of sp³-hybridized carbons (Fsp3) is 0.412. The Labute approximate surface area is 141 Å². The van der Waals surface area contributed by atoms with E-state index in [9.17, 15) is 4.79 Å². The Balaban J connectivity index is 0.00000156. The van der Waals surface area contributed by atoms with Gasteiger partial charge in [-0.05, 0) is 18.4 Å². The van der Waals surface area contributed by atoms with Gasteiger partial charge in [0.1, 0.15) is 5.76 Å². The summed E-state index contributed by atoms with van der Waals surface area (Å²) >= 11 is 0. The van der Waals surface area contributed by atoms with Crippen molar-refractivity contribution in [2.75, 3.05) is 13.1 Å². The number of halogens is 1. The highest BCUT2D eigenvalue weighted by atomic mass is 35.5. The van der Waals surface area contributed by atoms with E-state index >= 15 is 0 Å². The summed E-state index contributed by atoms with van der Waals surface area (Å²) in [6, 6.07) is 11.9. The highest BCUT2D eigenvalue weighted by molar-refractivity contribution is 5.92. The van der Waals surface area contributed by atoms with Crippen LogP contribution in [-0.4, -0.2) is 35.1 Å². The Bertz CT molecular complexity index is 684. The number of carbonyl (C=O) groups is 1. The minimum Gasteiger partial charge on any atom is -0.360 e. The van der Waals surface area contributed by atoms with Crippen LogP contribution in [0.3, 0.4) is 0 Å². The molecule has 1 aliphatic heterocycles. The number of benzene rings is 1. The van der Waals surface area contributed by atoms with Gasteiger partial charge in [-0.3, -0.25) is 4.79 Å². The molecule has 2 fully saturated rings. The summed E-state index contributed by atoms with van der Waals surface area (Å²) in [5.41, 5.74) is 7.83. The third-order valence-electron chi connectivity index (χ3n) is 4.61. The van der Waals surface area contributed by atoms with Crippen LogP contribution in [0.5, 0.6) is 0 Å². The van der Waals surface area contributed by atoms with E-state index in [0.29, 0.717) is 24.7 Å². The standard InChI is InChI=1S/C17H19N3O2.ClH/c18-14-10-20(9-13(14)11-4-2-1-3-5-11)17(21)15-8-16(22-19-15)12-6-7-12;/h1-5,8,12-14H,6-7,9-10,18H2;1H/t13-,14+;/m0./s1. The lowest BCUT2D eigenvalue weighted by atomic mass is 9.95. The maximum absolute atomic E-state index is 12.6. The molecule has 1 aromatic heterocycles. The van der Waals surface area contributed by atoms with Crippen LogP contribution in [-0.2, 0) is 0 Å². The summed E-state index contributed by atoms with van der Waals surface area (Å²) in [5, 5.41) is 3.94. The number of carbonyl (C=O) groups excluding carboxylic acids is 1. The first-order valence-electron chi connectivity index (χ1n) is 7.79. The minimum absolute atomic E-state index is 0. The van der Waals surface area contributed by atoms with Crippen LogP contribution in [0.2, 0.25) is 0 Å². The molecule has 1 saturated heterocycles. The summed E-state index contributed by atoms with van der Waals surface area (Å²) in [5.74, 6) is 1.41. The molecular weight excluding hydrogens is 314 g/mol. The number of nitrogens with two attached hydrogens (primary N) is 1. The van der Waals surface area contributed by atoms with Crippen LogP contribution >= 0.6 is 12.4 Å². The summed E-state index contributed by atoms with van der Waals surface area (Å²) in [6.45, 7) is 1.19. The van der Waals surface area contributed by atoms with E-state index in [1.54, 1.807) is 11.0 Å². The molecular formula is C17H20ClN3O2. The molecule has 2 N–H and O–H groups in total. The van der Waals surface area contributed by atoms with Gasteiger partial charge in [-0.25, -0.2) is 0 Å². The maximum atomic E-state index is 12.6. The molecule has 1 saturated carbocycles. The number of likely N-dealkylation sites (tertiary alicyclic amines) is 1. The van der Waals surface area contributed by atoms with Crippen molar-refractivity contribution in [3.8, 4) is 0 Å². The van der Waals surface area contributed by atoms with Crippen LogP contribution in [0, 0.1) is 0 Å². The van der Waals surface area contributed by atoms with Crippen LogP contribution in [0.1, 0.15) is 46.5 Å². The molecule has 2 aromatic rings. The molecule has 2 atom stereocenters. The average molecular weight is 334 g/mol. The lowest BCUT2D eigenvalue weighted by Crippen LogP contribution is -2.32. The van der Waals surface area contributed by atoms with Gasteiger partial charge < -0.3 is 15.2 Å². The Morgan fingerprint density at radius 2 is 1.96 bits per heavy atom. The van der Waals surface area contributed by atoms with Crippen molar-refractivity contribution >= 4 is 18.3 Å². The van der Waals surface area contributed by atoms with E-state index < -0.39 is 0 Å². The number of hydrogen-bond donors (Lipinski definition) is 1. The predicted octanol–water partition coefficient (Wildman–Crippen LogP) is 2.54. The Morgan fingerprint density at radius 3 is 2.65 bits per heavy atom. The van der Waals surface area contributed by atoms with Gasteiger partial charge in [0, 0.05) is 37.0 Å². The number of nitrogens with zero attached hydrogens (tertiary/aromatic N) is 2. The van der Waals surface area contributed by atoms with E-state index in [1.807, 2.05) is 18.2 Å². The van der Waals surface area contributed by atoms with Gasteiger partial charge in [0.15, 0.2) is 5.69 Å². The van der Waals surface area contributed by atoms with Gasteiger partial charge in [-0.2, -0.15) is 0 Å². The van der Waals surface area contributed by atoms with Crippen molar-refractivity contribution < 1.29 is 9.32 Å². The molecule has 0 bridgehead atoms. The maximum Gasteiger partial charge on any atom is 0.276 e. The van der Waals surface area contributed by atoms with Crippen LogP contribution in [0.25, 0.3) is 0 Å².